The highest BCUT2D eigenvalue weighted by molar-refractivity contribution is 5.79. The van der Waals surface area contributed by atoms with Crippen molar-refractivity contribution in [2.75, 3.05) is 40.3 Å². The van der Waals surface area contributed by atoms with E-state index in [-0.39, 0.29) is 0 Å². The van der Waals surface area contributed by atoms with Crippen molar-refractivity contribution in [3.63, 3.8) is 0 Å². The van der Waals surface area contributed by atoms with Crippen molar-refractivity contribution in [3.05, 3.63) is 0 Å². The lowest BCUT2D eigenvalue weighted by molar-refractivity contribution is 0.0529. The largest absolute Gasteiger partial charge is 0.444 e. The van der Waals surface area contributed by atoms with Gasteiger partial charge in [-0.3, -0.25) is 4.99 Å². The molecule has 1 fully saturated rings. The minimum atomic E-state index is -0.472. The minimum absolute atomic E-state index is 0.398. The predicted molar refractivity (Wildman–Crippen MR) is 98.5 cm³/mol. The van der Waals surface area contributed by atoms with E-state index in [2.05, 4.69) is 32.9 Å². The van der Waals surface area contributed by atoms with Crippen LogP contribution in [0.15, 0.2) is 4.99 Å². The molecule has 0 spiro atoms. The topological polar surface area (TPSA) is 78.0 Å². The molecule has 0 aliphatic heterocycles. The number of carbonyl (C=O) groups is 1. The quantitative estimate of drug-likeness (QED) is 0.372. The van der Waals surface area contributed by atoms with E-state index in [4.69, 9.17) is 4.74 Å². The van der Waals surface area contributed by atoms with E-state index in [1.54, 1.807) is 7.05 Å². The van der Waals surface area contributed by atoms with E-state index < -0.39 is 11.7 Å². The molecule has 1 rings (SSSR count). The molecule has 0 aromatic heterocycles. The average Bonchev–Trinajstić information content (AvgIpc) is 3.02. The Kier molecular flexibility index (Phi) is 8.89. The zero-order valence-electron chi connectivity index (χ0n) is 15.9. The average molecular weight is 342 g/mol. The predicted octanol–water partition coefficient (Wildman–Crippen LogP) is 1.55. The molecule has 1 aliphatic rings. The van der Waals surface area contributed by atoms with Crippen molar-refractivity contribution in [1.29, 1.82) is 0 Å². The van der Waals surface area contributed by atoms with E-state index >= 15 is 0 Å². The molecule has 3 N–H and O–H groups in total. The highest BCUT2D eigenvalue weighted by atomic mass is 16.6. The summed E-state index contributed by atoms with van der Waals surface area (Å²) in [6, 6.07) is 0.736. The van der Waals surface area contributed by atoms with Gasteiger partial charge in [-0.2, -0.15) is 0 Å². The van der Waals surface area contributed by atoms with Gasteiger partial charge in [-0.25, -0.2) is 4.79 Å². The van der Waals surface area contributed by atoms with Gasteiger partial charge in [0.2, 0.25) is 0 Å². The van der Waals surface area contributed by atoms with E-state index in [1.807, 2.05) is 20.8 Å². The summed E-state index contributed by atoms with van der Waals surface area (Å²) in [6.07, 6.45) is 4.96. The van der Waals surface area contributed by atoms with Crippen LogP contribution in [0, 0.1) is 0 Å². The van der Waals surface area contributed by atoms with Gasteiger partial charge in [0.15, 0.2) is 5.96 Å². The fourth-order valence-electron chi connectivity index (χ4n) is 2.76. The number of ether oxygens (including phenoxy) is 1. The van der Waals surface area contributed by atoms with Crippen LogP contribution in [-0.4, -0.2) is 68.9 Å². The monoisotopic (exact) mass is 341 g/mol. The van der Waals surface area contributed by atoms with Gasteiger partial charge in [-0.1, -0.05) is 12.8 Å². The highest BCUT2D eigenvalue weighted by Crippen LogP contribution is 2.21. The zero-order valence-corrected chi connectivity index (χ0v) is 15.9. The summed E-state index contributed by atoms with van der Waals surface area (Å²) in [7, 11) is 3.94. The number of amides is 1. The van der Waals surface area contributed by atoms with Gasteiger partial charge < -0.3 is 25.6 Å². The molecule has 1 saturated carbocycles. The summed E-state index contributed by atoms with van der Waals surface area (Å²) in [4.78, 5) is 18.2. The number of guanidine groups is 1. The Morgan fingerprint density at radius 3 is 2.29 bits per heavy atom. The van der Waals surface area contributed by atoms with Crippen molar-refractivity contribution in [3.8, 4) is 0 Å². The number of alkyl carbamates (subject to hydrolysis) is 1. The van der Waals surface area contributed by atoms with E-state index in [9.17, 15) is 4.79 Å². The molecule has 1 amide bonds. The first-order chi connectivity index (χ1) is 11.3. The number of nitrogens with zero attached hydrogens (tertiary/aromatic N) is 2. The Morgan fingerprint density at radius 2 is 1.71 bits per heavy atom. The normalized spacial score (nSPS) is 16.3. The molecule has 0 aromatic rings. The van der Waals surface area contributed by atoms with Gasteiger partial charge in [-0.15, -0.1) is 0 Å². The molecular weight excluding hydrogens is 306 g/mol. The fraction of sp³-hybridized carbons (Fsp3) is 0.882. The zero-order chi connectivity index (χ0) is 18.0. The number of carbonyl (C=O) groups excluding carboxylic acids is 1. The van der Waals surface area contributed by atoms with Gasteiger partial charge >= 0.3 is 6.09 Å². The molecule has 0 heterocycles. The number of rotatable bonds is 7. The molecule has 7 nitrogen and oxygen atoms in total. The van der Waals surface area contributed by atoms with E-state index in [1.165, 1.54) is 25.7 Å². The van der Waals surface area contributed by atoms with Gasteiger partial charge in [0.25, 0.3) is 0 Å². The van der Waals surface area contributed by atoms with Crippen LogP contribution in [-0.2, 0) is 4.74 Å². The molecule has 0 radical (unpaired) electrons. The second kappa shape index (κ2) is 10.4. The lowest BCUT2D eigenvalue weighted by Crippen LogP contribution is -2.45. The maximum Gasteiger partial charge on any atom is 0.407 e. The summed E-state index contributed by atoms with van der Waals surface area (Å²) in [5.41, 5.74) is -0.472. The van der Waals surface area contributed by atoms with Crippen molar-refractivity contribution >= 4 is 12.1 Å². The van der Waals surface area contributed by atoms with Crippen LogP contribution >= 0.6 is 0 Å². The Balaban J connectivity index is 2.11. The summed E-state index contributed by atoms with van der Waals surface area (Å²) in [5, 5.41) is 9.20. The minimum Gasteiger partial charge on any atom is -0.444 e. The van der Waals surface area contributed by atoms with E-state index in [0.29, 0.717) is 13.1 Å². The maximum absolute atomic E-state index is 11.5. The van der Waals surface area contributed by atoms with Gasteiger partial charge in [0.1, 0.15) is 5.60 Å². The highest BCUT2D eigenvalue weighted by Gasteiger charge is 2.19. The SMILES string of the molecule is CN=C(NCCNC(=O)OC(C)(C)C)NCCN(C)C1CCCC1. The Morgan fingerprint density at radius 1 is 1.12 bits per heavy atom. The third-order valence-corrected chi connectivity index (χ3v) is 4.01. The molecule has 0 aromatic carbocycles. The van der Waals surface area contributed by atoms with Crippen LogP contribution in [0.1, 0.15) is 46.5 Å². The first kappa shape index (κ1) is 20.5. The third-order valence-electron chi connectivity index (χ3n) is 4.01. The molecule has 0 bridgehead atoms. The Bertz CT molecular complexity index is 400. The van der Waals surface area contributed by atoms with Gasteiger partial charge in [-0.05, 0) is 40.7 Å². The molecule has 1 aliphatic carbocycles. The molecule has 0 unspecified atom stereocenters. The number of aliphatic imine (C=N–C) groups is 1. The molecule has 7 heteroatoms. The summed E-state index contributed by atoms with van der Waals surface area (Å²) >= 11 is 0. The number of hydrogen-bond acceptors (Lipinski definition) is 4. The lowest BCUT2D eigenvalue weighted by Gasteiger charge is -2.24. The third kappa shape index (κ3) is 8.96. The first-order valence-electron chi connectivity index (χ1n) is 8.93. The van der Waals surface area contributed by atoms with Crippen LogP contribution in [0.25, 0.3) is 0 Å². The molecule has 0 saturated heterocycles. The smallest absolute Gasteiger partial charge is 0.407 e. The standard InChI is InChI=1S/C17H35N5O2/c1-17(2,3)24-16(23)21-11-10-19-15(18-4)20-12-13-22(5)14-8-6-7-9-14/h14H,6-13H2,1-5H3,(H,21,23)(H2,18,19,20). The molecule has 24 heavy (non-hydrogen) atoms. The molecule has 0 atom stereocenters. The van der Waals surface area contributed by atoms with E-state index in [0.717, 1.165) is 25.1 Å². The van der Waals surface area contributed by atoms with Gasteiger partial charge in [0.05, 0.1) is 0 Å². The summed E-state index contributed by atoms with van der Waals surface area (Å²) in [5.74, 6) is 0.751. The lowest BCUT2D eigenvalue weighted by atomic mass is 10.2. The number of likely N-dealkylation sites (N-methyl/N-ethyl adjacent to an activating group) is 1. The van der Waals surface area contributed by atoms with Crippen molar-refractivity contribution in [1.82, 2.24) is 20.9 Å². The Hall–Kier alpha value is -1.50. The number of hydrogen-bond donors (Lipinski definition) is 3. The summed E-state index contributed by atoms with van der Waals surface area (Å²) in [6.45, 7) is 8.47. The van der Waals surface area contributed by atoms with Crippen LogP contribution in [0.2, 0.25) is 0 Å². The van der Waals surface area contributed by atoms with Crippen LogP contribution in [0.3, 0.4) is 0 Å². The molecular formula is C17H35N5O2. The Labute approximate surface area is 146 Å². The van der Waals surface area contributed by atoms with Gasteiger partial charge in [0, 0.05) is 39.3 Å². The van der Waals surface area contributed by atoms with Crippen LogP contribution < -0.4 is 16.0 Å². The molecule has 140 valence electrons. The van der Waals surface area contributed by atoms with Crippen molar-refractivity contribution in [2.24, 2.45) is 4.99 Å². The fourth-order valence-corrected chi connectivity index (χ4v) is 2.76. The number of nitrogens with one attached hydrogen (secondary N) is 3. The van der Waals surface area contributed by atoms with Crippen molar-refractivity contribution < 1.29 is 9.53 Å². The second-order valence-corrected chi connectivity index (χ2v) is 7.27. The maximum atomic E-state index is 11.5. The second-order valence-electron chi connectivity index (χ2n) is 7.27. The van der Waals surface area contributed by atoms with Crippen LogP contribution in [0.4, 0.5) is 4.79 Å². The first-order valence-corrected chi connectivity index (χ1v) is 8.93. The van der Waals surface area contributed by atoms with Crippen LogP contribution in [0.5, 0.6) is 0 Å². The van der Waals surface area contributed by atoms with Crippen molar-refractivity contribution in [2.45, 2.75) is 58.1 Å². The summed E-state index contributed by atoms with van der Waals surface area (Å²) < 4.78 is 5.18.